The molecule has 2 N–H and O–H groups in total. The van der Waals surface area contributed by atoms with Crippen molar-refractivity contribution in [3.8, 4) is 0 Å². The average Bonchev–Trinajstić information content (AvgIpc) is 2.74. The van der Waals surface area contributed by atoms with Crippen molar-refractivity contribution in [3.05, 3.63) is 84.0 Å². The third-order valence-corrected chi connectivity index (χ3v) is 5.45. The first-order valence-corrected chi connectivity index (χ1v) is 11.5. The second-order valence-electron chi connectivity index (χ2n) is 9.13. The Balaban J connectivity index is 0.000000451. The summed E-state index contributed by atoms with van der Waals surface area (Å²) in [6.45, 7) is 17.8. The van der Waals surface area contributed by atoms with Gasteiger partial charge in [-0.3, -0.25) is 4.79 Å². The van der Waals surface area contributed by atoms with Gasteiger partial charge in [-0.05, 0) is 84.6 Å². The molecule has 32 heavy (non-hydrogen) atoms. The molecule has 2 atom stereocenters. The zero-order chi connectivity index (χ0) is 24.6. The molecule has 3 heteroatoms. The molecule has 0 aromatic heterocycles. The predicted molar refractivity (Wildman–Crippen MR) is 138 cm³/mol. The zero-order valence-electron chi connectivity index (χ0n) is 20.9. The van der Waals surface area contributed by atoms with Gasteiger partial charge in [0.2, 0.25) is 0 Å². The lowest BCUT2D eigenvalue weighted by Gasteiger charge is -2.19. The number of hydrogen-bond acceptors (Lipinski definition) is 2. The van der Waals surface area contributed by atoms with E-state index in [-0.39, 0.29) is 6.42 Å². The largest absolute Gasteiger partial charge is 0.481 e. The van der Waals surface area contributed by atoms with E-state index < -0.39 is 11.6 Å². The number of carbonyl (C=O) groups is 1. The summed E-state index contributed by atoms with van der Waals surface area (Å²) in [6, 6.07) is 9.62. The number of carboxylic acid groups (broad SMARTS) is 1. The first-order chi connectivity index (χ1) is 15.0. The van der Waals surface area contributed by atoms with Crippen molar-refractivity contribution in [2.75, 3.05) is 0 Å². The number of rotatable bonds is 8. The van der Waals surface area contributed by atoms with Crippen LogP contribution in [0.1, 0.15) is 78.7 Å². The van der Waals surface area contributed by atoms with Crippen molar-refractivity contribution in [3.63, 3.8) is 0 Å². The van der Waals surface area contributed by atoms with E-state index in [0.29, 0.717) is 6.42 Å². The van der Waals surface area contributed by atoms with Crippen LogP contribution < -0.4 is 0 Å². The molecule has 0 amide bonds. The Kier molecular flexibility index (Phi) is 15.1. The molecule has 3 nitrogen and oxygen atoms in total. The van der Waals surface area contributed by atoms with Crippen molar-refractivity contribution in [2.24, 2.45) is 5.92 Å². The number of aliphatic carboxylic acids is 1. The lowest BCUT2D eigenvalue weighted by atomic mass is 9.86. The molecule has 0 spiro atoms. The summed E-state index contributed by atoms with van der Waals surface area (Å²) in [5, 5.41) is 17.9. The van der Waals surface area contributed by atoms with Gasteiger partial charge in [0.15, 0.2) is 0 Å². The standard InChI is InChI=1S/C10H18O.C10H16.C9H10O2/c1-5-10(4,11)8-6-7-9(2)3;1-8(2)10-6-4-9(3)5-7-10;10-9(11)7-6-8-4-2-1-3-5-8/h5,7,11H,1,6,8H2,2-4H3;4,10H,1,5-7H2,2-3H3;1-5H,6-7H2,(H,10,11). The molecular formula is C29H44O3. The van der Waals surface area contributed by atoms with Crippen LogP contribution in [0, 0.1) is 5.92 Å². The van der Waals surface area contributed by atoms with E-state index in [1.807, 2.05) is 30.3 Å². The number of hydrogen-bond donors (Lipinski definition) is 2. The van der Waals surface area contributed by atoms with Gasteiger partial charge in [0.1, 0.15) is 0 Å². The van der Waals surface area contributed by atoms with Gasteiger partial charge in [0, 0.05) is 6.42 Å². The molecule has 1 aromatic rings. The fraction of sp³-hybridized carbons (Fsp3) is 0.483. The van der Waals surface area contributed by atoms with Gasteiger partial charge in [0.25, 0.3) is 0 Å². The van der Waals surface area contributed by atoms with E-state index >= 15 is 0 Å². The number of aryl methyl sites for hydroxylation is 1. The van der Waals surface area contributed by atoms with Crippen LogP contribution >= 0.6 is 0 Å². The Morgan fingerprint density at radius 1 is 1.22 bits per heavy atom. The monoisotopic (exact) mass is 440 g/mol. The molecule has 2 unspecified atom stereocenters. The Morgan fingerprint density at radius 3 is 2.28 bits per heavy atom. The van der Waals surface area contributed by atoms with E-state index in [4.69, 9.17) is 5.11 Å². The fourth-order valence-electron chi connectivity index (χ4n) is 3.06. The number of aliphatic hydroxyl groups is 1. The van der Waals surface area contributed by atoms with Crippen LogP contribution in [0.2, 0.25) is 0 Å². The zero-order valence-corrected chi connectivity index (χ0v) is 20.9. The highest BCUT2D eigenvalue weighted by Gasteiger charge is 2.13. The summed E-state index contributed by atoms with van der Waals surface area (Å²) >= 11 is 0. The maximum absolute atomic E-state index is 10.2. The number of allylic oxidation sites excluding steroid dienone is 5. The first-order valence-electron chi connectivity index (χ1n) is 11.5. The molecule has 0 saturated carbocycles. The SMILES string of the molecule is C=C(C)C1CC=C(C)CC1.C=CC(C)(O)CCC=C(C)C.O=C(O)CCc1ccccc1. The molecule has 0 saturated heterocycles. The molecule has 0 bridgehead atoms. The highest BCUT2D eigenvalue weighted by molar-refractivity contribution is 5.67. The van der Waals surface area contributed by atoms with E-state index in [2.05, 4.69) is 53.0 Å². The minimum absolute atomic E-state index is 0.212. The highest BCUT2D eigenvalue weighted by Crippen LogP contribution is 2.27. The summed E-state index contributed by atoms with van der Waals surface area (Å²) in [6.07, 6.45) is 12.4. The Labute approximate surface area is 196 Å². The normalized spacial score (nSPS) is 16.6. The molecule has 0 heterocycles. The maximum atomic E-state index is 10.2. The van der Waals surface area contributed by atoms with Crippen LogP contribution in [-0.4, -0.2) is 21.8 Å². The van der Waals surface area contributed by atoms with E-state index in [1.54, 1.807) is 18.6 Å². The molecule has 1 aliphatic carbocycles. The molecule has 2 rings (SSSR count). The molecule has 1 aliphatic rings. The molecule has 0 fully saturated rings. The minimum atomic E-state index is -0.742. The smallest absolute Gasteiger partial charge is 0.303 e. The molecule has 178 valence electrons. The summed E-state index contributed by atoms with van der Waals surface area (Å²) in [7, 11) is 0. The predicted octanol–water partition coefficient (Wildman–Crippen LogP) is 7.68. The Morgan fingerprint density at radius 2 is 1.84 bits per heavy atom. The van der Waals surface area contributed by atoms with Gasteiger partial charge in [0.05, 0.1) is 5.60 Å². The summed E-state index contributed by atoms with van der Waals surface area (Å²) in [5.41, 5.74) is 4.58. The van der Waals surface area contributed by atoms with E-state index in [1.165, 1.54) is 30.4 Å². The molecule has 0 aliphatic heterocycles. The number of benzene rings is 1. The molecular weight excluding hydrogens is 396 g/mol. The third kappa shape index (κ3) is 16.3. The Bertz CT molecular complexity index is 750. The summed E-state index contributed by atoms with van der Waals surface area (Å²) in [5.74, 6) is 0.0255. The lowest BCUT2D eigenvalue weighted by Crippen LogP contribution is -2.19. The van der Waals surface area contributed by atoms with Gasteiger partial charge in [-0.15, -0.1) is 6.58 Å². The van der Waals surface area contributed by atoms with Gasteiger partial charge in [-0.25, -0.2) is 0 Å². The minimum Gasteiger partial charge on any atom is -0.481 e. The average molecular weight is 441 g/mol. The van der Waals surface area contributed by atoms with Crippen LogP contribution in [-0.2, 0) is 11.2 Å². The quantitative estimate of drug-likeness (QED) is 0.407. The second kappa shape index (κ2) is 16.3. The van der Waals surface area contributed by atoms with E-state index in [0.717, 1.165) is 24.3 Å². The molecule has 1 aromatic carbocycles. The van der Waals surface area contributed by atoms with Crippen molar-refractivity contribution in [1.29, 1.82) is 0 Å². The van der Waals surface area contributed by atoms with Crippen LogP contribution in [0.15, 0.2) is 78.4 Å². The van der Waals surface area contributed by atoms with Gasteiger partial charge >= 0.3 is 5.97 Å². The highest BCUT2D eigenvalue weighted by atomic mass is 16.4. The van der Waals surface area contributed by atoms with Crippen LogP contribution in [0.25, 0.3) is 0 Å². The van der Waals surface area contributed by atoms with Crippen molar-refractivity contribution in [1.82, 2.24) is 0 Å². The van der Waals surface area contributed by atoms with Crippen molar-refractivity contribution >= 4 is 5.97 Å². The summed E-state index contributed by atoms with van der Waals surface area (Å²) < 4.78 is 0. The second-order valence-corrected chi connectivity index (χ2v) is 9.13. The Hall–Kier alpha value is -2.39. The fourth-order valence-corrected chi connectivity index (χ4v) is 3.06. The maximum Gasteiger partial charge on any atom is 0.303 e. The van der Waals surface area contributed by atoms with Crippen LogP contribution in [0.3, 0.4) is 0 Å². The topological polar surface area (TPSA) is 57.5 Å². The lowest BCUT2D eigenvalue weighted by molar-refractivity contribution is -0.136. The van der Waals surface area contributed by atoms with Gasteiger partial charge < -0.3 is 10.2 Å². The van der Waals surface area contributed by atoms with Crippen LogP contribution in [0.4, 0.5) is 0 Å². The molecule has 0 radical (unpaired) electrons. The van der Waals surface area contributed by atoms with Gasteiger partial charge in [-0.1, -0.05) is 71.9 Å². The van der Waals surface area contributed by atoms with Crippen molar-refractivity contribution < 1.29 is 15.0 Å². The third-order valence-electron chi connectivity index (χ3n) is 5.45. The van der Waals surface area contributed by atoms with E-state index in [9.17, 15) is 9.90 Å². The summed E-state index contributed by atoms with van der Waals surface area (Å²) in [4.78, 5) is 10.2. The first kappa shape index (κ1) is 29.6. The number of carboxylic acids is 1. The van der Waals surface area contributed by atoms with Crippen LogP contribution in [0.5, 0.6) is 0 Å². The van der Waals surface area contributed by atoms with Gasteiger partial charge in [-0.2, -0.15) is 0 Å². The van der Waals surface area contributed by atoms with Crippen molar-refractivity contribution in [2.45, 2.75) is 85.2 Å².